The number of anilines is 3. The molecule has 1 aliphatic rings. The van der Waals surface area contributed by atoms with E-state index in [1.54, 1.807) is 49.4 Å². The Morgan fingerprint density at radius 2 is 1.57 bits per heavy atom. The number of para-hydroxylation sites is 2. The predicted octanol–water partition coefficient (Wildman–Crippen LogP) is 3.49. The van der Waals surface area contributed by atoms with Crippen molar-refractivity contribution in [1.29, 1.82) is 0 Å². The van der Waals surface area contributed by atoms with Crippen LogP contribution in [0.15, 0.2) is 94.9 Å². The van der Waals surface area contributed by atoms with Gasteiger partial charge in [0.05, 0.1) is 22.0 Å². The number of benzene rings is 3. The third-order valence-electron chi connectivity index (χ3n) is 6.09. The zero-order valence-electron chi connectivity index (χ0n) is 21.5. The van der Waals surface area contributed by atoms with Crippen LogP contribution in [0.4, 0.5) is 17.3 Å². The van der Waals surface area contributed by atoms with E-state index >= 15 is 0 Å². The van der Waals surface area contributed by atoms with Crippen molar-refractivity contribution in [2.75, 3.05) is 20.9 Å². The van der Waals surface area contributed by atoms with Gasteiger partial charge in [0.25, 0.3) is 26.0 Å². The largest absolute Gasteiger partial charge is 0.476 e. The normalized spacial score (nSPS) is 15.1. The summed E-state index contributed by atoms with van der Waals surface area (Å²) in [7, 11) is -7.96. The Labute approximate surface area is 232 Å². The molecule has 5 rings (SSSR count). The third kappa shape index (κ3) is 5.60. The summed E-state index contributed by atoms with van der Waals surface area (Å²) in [5.41, 5.74) is 2.14. The second kappa shape index (κ2) is 10.6. The predicted molar refractivity (Wildman–Crippen MR) is 149 cm³/mol. The molecule has 0 fully saturated rings. The van der Waals surface area contributed by atoms with Gasteiger partial charge in [-0.2, -0.15) is 0 Å². The summed E-state index contributed by atoms with van der Waals surface area (Å²) < 4.78 is 61.8. The third-order valence-corrected chi connectivity index (χ3v) is 9.23. The number of aromatic nitrogens is 2. The van der Waals surface area contributed by atoms with Gasteiger partial charge in [-0.1, -0.05) is 29.8 Å². The maximum atomic E-state index is 13.5. The molecule has 0 aliphatic carbocycles. The number of rotatable bonds is 7. The molecule has 0 saturated carbocycles. The molecule has 0 spiro atoms. The van der Waals surface area contributed by atoms with Crippen molar-refractivity contribution in [3.63, 3.8) is 0 Å². The average molecular weight is 580 g/mol. The highest BCUT2D eigenvalue weighted by Crippen LogP contribution is 2.37. The van der Waals surface area contributed by atoms with Gasteiger partial charge in [-0.05, 0) is 68.4 Å². The van der Waals surface area contributed by atoms with E-state index in [2.05, 4.69) is 20.0 Å². The Morgan fingerprint density at radius 3 is 2.27 bits per heavy atom. The molecular formula is C27H25N5O6S2. The minimum atomic E-state index is -3.99. The number of carbonyl (C=O) groups is 1. The Hall–Kier alpha value is -4.49. The number of amides is 1. The number of aryl methyl sites for hydroxylation is 2. The van der Waals surface area contributed by atoms with Crippen LogP contribution >= 0.6 is 0 Å². The van der Waals surface area contributed by atoms with Crippen LogP contribution in [0.25, 0.3) is 0 Å². The first-order chi connectivity index (χ1) is 19.0. The van der Waals surface area contributed by atoms with E-state index in [0.717, 1.165) is 9.87 Å². The lowest BCUT2D eigenvalue weighted by Crippen LogP contribution is -2.48. The molecule has 40 heavy (non-hydrogen) atoms. The molecule has 13 heteroatoms. The number of nitrogens with zero attached hydrogens (tertiary/aromatic N) is 3. The van der Waals surface area contributed by atoms with E-state index in [1.807, 2.05) is 6.92 Å². The van der Waals surface area contributed by atoms with E-state index < -0.39 is 32.1 Å². The molecule has 2 heterocycles. The van der Waals surface area contributed by atoms with Crippen LogP contribution in [0.2, 0.25) is 0 Å². The van der Waals surface area contributed by atoms with Gasteiger partial charge in [-0.25, -0.2) is 31.5 Å². The van der Waals surface area contributed by atoms with Gasteiger partial charge in [0.1, 0.15) is 5.75 Å². The molecular weight excluding hydrogens is 554 g/mol. The second-order valence-electron chi connectivity index (χ2n) is 9.06. The molecule has 0 saturated heterocycles. The Bertz CT molecular complexity index is 1780. The van der Waals surface area contributed by atoms with Crippen molar-refractivity contribution in [3.8, 4) is 5.75 Å². The Kier molecular flexibility index (Phi) is 7.17. The quantitative estimate of drug-likeness (QED) is 0.338. The first-order valence-corrected chi connectivity index (χ1v) is 15.0. The highest BCUT2D eigenvalue weighted by atomic mass is 32.2. The van der Waals surface area contributed by atoms with E-state index in [9.17, 15) is 21.6 Å². The first-order valence-electron chi connectivity index (χ1n) is 12.1. The number of sulfonamides is 2. The van der Waals surface area contributed by atoms with Gasteiger partial charge in [-0.15, -0.1) is 0 Å². The van der Waals surface area contributed by atoms with E-state index in [4.69, 9.17) is 4.74 Å². The second-order valence-corrected chi connectivity index (χ2v) is 12.6. The lowest BCUT2D eigenvalue weighted by molar-refractivity contribution is -0.122. The number of nitrogens with one attached hydrogen (secondary N) is 2. The van der Waals surface area contributed by atoms with Gasteiger partial charge in [0, 0.05) is 17.6 Å². The molecule has 3 aromatic carbocycles. The minimum absolute atomic E-state index is 0.0581. The van der Waals surface area contributed by atoms with Gasteiger partial charge >= 0.3 is 0 Å². The van der Waals surface area contributed by atoms with Crippen LogP contribution in [0.3, 0.4) is 0 Å². The lowest BCUT2D eigenvalue weighted by atomic mass is 10.2. The number of ether oxygens (including phenoxy) is 1. The maximum absolute atomic E-state index is 13.5. The molecule has 0 radical (unpaired) electrons. The average Bonchev–Trinajstić information content (AvgIpc) is 2.92. The molecule has 2 N–H and O–H groups in total. The van der Waals surface area contributed by atoms with E-state index in [1.165, 1.54) is 42.6 Å². The smallest absolute Gasteiger partial charge is 0.267 e. The monoisotopic (exact) mass is 579 g/mol. The fourth-order valence-corrected chi connectivity index (χ4v) is 6.45. The molecule has 206 valence electrons. The first kappa shape index (κ1) is 27.1. The van der Waals surface area contributed by atoms with Crippen LogP contribution in [0.1, 0.15) is 11.3 Å². The van der Waals surface area contributed by atoms with Crippen molar-refractivity contribution >= 4 is 43.3 Å². The molecule has 1 aliphatic heterocycles. The Balaban J connectivity index is 1.34. The highest BCUT2D eigenvalue weighted by molar-refractivity contribution is 7.93. The lowest BCUT2D eigenvalue weighted by Gasteiger charge is -2.34. The summed E-state index contributed by atoms with van der Waals surface area (Å²) in [6, 6.07) is 20.1. The van der Waals surface area contributed by atoms with E-state index in [0.29, 0.717) is 17.1 Å². The minimum Gasteiger partial charge on any atom is -0.476 e. The van der Waals surface area contributed by atoms with Crippen molar-refractivity contribution in [1.82, 2.24) is 9.97 Å². The Morgan fingerprint density at radius 1 is 0.900 bits per heavy atom. The molecule has 0 unspecified atom stereocenters. The molecule has 0 bridgehead atoms. The zero-order valence-corrected chi connectivity index (χ0v) is 23.1. The summed E-state index contributed by atoms with van der Waals surface area (Å²) in [5.74, 6) is -0.409. The summed E-state index contributed by atoms with van der Waals surface area (Å²) in [4.78, 5) is 21.2. The van der Waals surface area contributed by atoms with Crippen LogP contribution in [-0.2, 0) is 24.8 Å². The van der Waals surface area contributed by atoms with Gasteiger partial charge < -0.3 is 10.1 Å². The zero-order chi connectivity index (χ0) is 28.5. The van der Waals surface area contributed by atoms with E-state index in [-0.39, 0.29) is 28.0 Å². The van der Waals surface area contributed by atoms with Crippen molar-refractivity contribution in [3.05, 3.63) is 96.3 Å². The van der Waals surface area contributed by atoms with Crippen molar-refractivity contribution in [2.24, 2.45) is 0 Å². The maximum Gasteiger partial charge on any atom is 0.267 e. The van der Waals surface area contributed by atoms with Crippen LogP contribution in [-0.4, -0.2) is 45.4 Å². The number of fused-ring (bicyclic) bond motifs is 1. The SMILES string of the molecule is Cc1ccc(S(=O)(=O)N2C[C@H](C(=O)Nc3ccc(S(=O)(=O)Nc4nccc(C)n4)cc3)Oc3ccccc32)cc1. The molecule has 1 amide bonds. The fourth-order valence-electron chi connectivity index (χ4n) is 4.02. The van der Waals surface area contributed by atoms with Crippen LogP contribution < -0.4 is 19.1 Å². The summed E-state index contributed by atoms with van der Waals surface area (Å²) >= 11 is 0. The molecule has 11 nitrogen and oxygen atoms in total. The highest BCUT2D eigenvalue weighted by Gasteiger charge is 2.37. The number of carbonyl (C=O) groups excluding carboxylic acids is 1. The molecule has 1 atom stereocenters. The molecule has 4 aromatic rings. The summed E-state index contributed by atoms with van der Waals surface area (Å²) in [6.45, 7) is 3.31. The standard InChI is InChI=1S/C27H25N5O6S2/c1-18-7-11-22(12-8-18)40(36,37)32-17-25(38-24-6-4-3-5-23(24)32)26(33)30-20-9-13-21(14-10-20)39(34,35)31-27-28-16-15-19(2)29-27/h3-16,25H,17H2,1-2H3,(H,30,33)(H,28,29,31)/t25-/m1/s1. The topological polar surface area (TPSA) is 148 Å². The number of hydrogen-bond acceptors (Lipinski definition) is 8. The fraction of sp³-hybridized carbons (Fsp3) is 0.148. The van der Waals surface area contributed by atoms with Gasteiger partial charge in [0.2, 0.25) is 5.95 Å². The molecule has 1 aromatic heterocycles. The van der Waals surface area contributed by atoms with Crippen LogP contribution in [0, 0.1) is 13.8 Å². The van der Waals surface area contributed by atoms with Crippen molar-refractivity contribution in [2.45, 2.75) is 29.7 Å². The van der Waals surface area contributed by atoms with Gasteiger partial charge in [-0.3, -0.25) is 9.10 Å². The van der Waals surface area contributed by atoms with Crippen molar-refractivity contribution < 1.29 is 26.4 Å². The number of hydrogen-bond donors (Lipinski definition) is 2. The summed E-state index contributed by atoms with van der Waals surface area (Å²) in [6.07, 6.45) is 0.274. The van der Waals surface area contributed by atoms with Crippen LogP contribution in [0.5, 0.6) is 5.75 Å². The summed E-state index contributed by atoms with van der Waals surface area (Å²) in [5, 5.41) is 2.67. The van der Waals surface area contributed by atoms with Gasteiger partial charge in [0.15, 0.2) is 6.10 Å².